The summed E-state index contributed by atoms with van der Waals surface area (Å²) in [7, 11) is 0. The number of esters is 1. The second-order valence-electron chi connectivity index (χ2n) is 6.43. The lowest BCUT2D eigenvalue weighted by Crippen LogP contribution is -2.40. The number of nitrogens with zero attached hydrogens (tertiary/aromatic N) is 1. The van der Waals surface area contributed by atoms with E-state index in [9.17, 15) is 9.59 Å². The number of ether oxygens (including phenoxy) is 2. The summed E-state index contributed by atoms with van der Waals surface area (Å²) in [6.45, 7) is 4.80. The highest BCUT2D eigenvalue weighted by atomic mass is 16.5. The Balaban J connectivity index is 1.62. The molecule has 25 heavy (non-hydrogen) atoms. The third-order valence-electron chi connectivity index (χ3n) is 4.83. The van der Waals surface area contributed by atoms with Crippen LogP contribution >= 0.6 is 0 Å². The maximum atomic E-state index is 12.5. The number of morpholine rings is 1. The molecule has 1 heterocycles. The molecule has 0 N–H and O–H groups in total. The van der Waals surface area contributed by atoms with E-state index in [0.717, 1.165) is 24.8 Å². The van der Waals surface area contributed by atoms with Crippen molar-refractivity contribution in [3.05, 3.63) is 41.5 Å². The van der Waals surface area contributed by atoms with Gasteiger partial charge < -0.3 is 14.4 Å². The van der Waals surface area contributed by atoms with E-state index in [1.165, 1.54) is 5.57 Å². The minimum absolute atomic E-state index is 0.0223. The van der Waals surface area contributed by atoms with Crippen LogP contribution in [0.25, 0.3) is 5.57 Å². The predicted octanol–water partition coefficient (Wildman–Crippen LogP) is 2.91. The van der Waals surface area contributed by atoms with Gasteiger partial charge in [0.25, 0.3) is 5.91 Å². The Labute approximate surface area is 148 Å². The molecular formula is C20H25NO4. The molecule has 0 bridgehead atoms. The first-order valence-electron chi connectivity index (χ1n) is 9.02. The van der Waals surface area contributed by atoms with Crippen LogP contribution in [-0.2, 0) is 14.3 Å². The molecule has 0 aromatic heterocycles. The lowest BCUT2D eigenvalue weighted by atomic mass is 9.86. The summed E-state index contributed by atoms with van der Waals surface area (Å²) in [6.07, 6.45) is 4.53. The molecule has 1 unspecified atom stereocenters. The van der Waals surface area contributed by atoms with Gasteiger partial charge in [-0.1, -0.05) is 18.2 Å². The first-order chi connectivity index (χ1) is 12.2. The second-order valence-corrected chi connectivity index (χ2v) is 6.43. The molecule has 2 aliphatic rings. The van der Waals surface area contributed by atoms with Crippen molar-refractivity contribution in [1.29, 1.82) is 0 Å². The van der Waals surface area contributed by atoms with Gasteiger partial charge in [-0.2, -0.15) is 0 Å². The van der Waals surface area contributed by atoms with Crippen molar-refractivity contribution in [3.8, 4) is 0 Å². The molecule has 0 saturated carbocycles. The summed E-state index contributed by atoms with van der Waals surface area (Å²) < 4.78 is 10.4. The Morgan fingerprint density at radius 1 is 1.20 bits per heavy atom. The first-order valence-corrected chi connectivity index (χ1v) is 9.02. The fourth-order valence-corrected chi connectivity index (χ4v) is 3.35. The van der Waals surface area contributed by atoms with Crippen molar-refractivity contribution in [2.24, 2.45) is 5.92 Å². The monoisotopic (exact) mass is 343 g/mol. The molecule has 1 aliphatic heterocycles. The lowest BCUT2D eigenvalue weighted by Gasteiger charge is -2.27. The number of carbonyl (C=O) groups excluding carboxylic acids is 2. The Bertz CT molecular complexity index is 644. The van der Waals surface area contributed by atoms with Crippen LogP contribution in [0.3, 0.4) is 0 Å². The van der Waals surface area contributed by atoms with Crippen molar-refractivity contribution in [1.82, 2.24) is 4.90 Å². The van der Waals surface area contributed by atoms with Gasteiger partial charge in [0.1, 0.15) is 0 Å². The summed E-state index contributed by atoms with van der Waals surface area (Å²) in [6, 6.07) is 7.80. The van der Waals surface area contributed by atoms with Gasteiger partial charge in [-0.3, -0.25) is 9.59 Å². The molecule has 1 atom stereocenters. The molecule has 1 fully saturated rings. The van der Waals surface area contributed by atoms with Gasteiger partial charge in [0.05, 0.1) is 25.7 Å². The zero-order valence-corrected chi connectivity index (χ0v) is 14.7. The molecule has 1 saturated heterocycles. The number of allylic oxidation sites excluding steroid dienone is 2. The van der Waals surface area contributed by atoms with Gasteiger partial charge in [-0.25, -0.2) is 0 Å². The molecule has 5 nitrogen and oxygen atoms in total. The number of benzene rings is 1. The van der Waals surface area contributed by atoms with E-state index in [2.05, 4.69) is 6.08 Å². The molecule has 0 radical (unpaired) electrons. The summed E-state index contributed by atoms with van der Waals surface area (Å²) in [5.74, 6) is -0.0509. The average molecular weight is 343 g/mol. The molecule has 5 heteroatoms. The number of hydrogen-bond acceptors (Lipinski definition) is 4. The topological polar surface area (TPSA) is 55.8 Å². The van der Waals surface area contributed by atoms with E-state index in [1.807, 2.05) is 36.1 Å². The van der Waals surface area contributed by atoms with E-state index in [4.69, 9.17) is 9.47 Å². The van der Waals surface area contributed by atoms with Crippen molar-refractivity contribution < 1.29 is 19.1 Å². The molecule has 1 aliphatic carbocycles. The Morgan fingerprint density at radius 2 is 1.92 bits per heavy atom. The molecule has 134 valence electrons. The standard InChI is InChI=1S/C20H25NO4/c1-2-25-20(23)18-9-5-16(6-10-18)15-3-7-17(8-4-15)19(22)21-11-13-24-14-12-21/h3-5,7-8,18H,2,6,9-14H2,1H3. The molecule has 3 rings (SSSR count). The Hall–Kier alpha value is -2.14. The van der Waals surface area contributed by atoms with Gasteiger partial charge in [0.2, 0.25) is 0 Å². The van der Waals surface area contributed by atoms with E-state index < -0.39 is 0 Å². The maximum Gasteiger partial charge on any atom is 0.309 e. The van der Waals surface area contributed by atoms with Crippen molar-refractivity contribution in [2.45, 2.75) is 26.2 Å². The van der Waals surface area contributed by atoms with Gasteiger partial charge >= 0.3 is 5.97 Å². The molecule has 0 spiro atoms. The number of amides is 1. The van der Waals surface area contributed by atoms with Crippen LogP contribution in [0.4, 0.5) is 0 Å². The molecule has 1 aromatic rings. The van der Waals surface area contributed by atoms with E-state index in [0.29, 0.717) is 38.5 Å². The SMILES string of the molecule is CCOC(=O)C1CC=C(c2ccc(C(=O)N3CCOCC3)cc2)CC1. The van der Waals surface area contributed by atoms with Crippen LogP contribution in [-0.4, -0.2) is 49.7 Å². The largest absolute Gasteiger partial charge is 0.466 e. The highest BCUT2D eigenvalue weighted by molar-refractivity contribution is 5.94. The van der Waals surface area contributed by atoms with Gasteiger partial charge in [-0.15, -0.1) is 0 Å². The zero-order chi connectivity index (χ0) is 17.6. The third kappa shape index (κ3) is 4.28. The van der Waals surface area contributed by atoms with Gasteiger partial charge in [0.15, 0.2) is 0 Å². The van der Waals surface area contributed by atoms with Gasteiger partial charge in [-0.05, 0) is 49.5 Å². The smallest absolute Gasteiger partial charge is 0.309 e. The molecule has 1 aromatic carbocycles. The van der Waals surface area contributed by atoms with Crippen LogP contribution in [0.2, 0.25) is 0 Å². The summed E-state index contributed by atoms with van der Waals surface area (Å²) in [5, 5.41) is 0. The fraction of sp³-hybridized carbons (Fsp3) is 0.500. The first kappa shape index (κ1) is 17.7. The van der Waals surface area contributed by atoms with Gasteiger partial charge in [0, 0.05) is 18.7 Å². The maximum absolute atomic E-state index is 12.5. The third-order valence-corrected chi connectivity index (χ3v) is 4.83. The van der Waals surface area contributed by atoms with Crippen molar-refractivity contribution in [2.75, 3.05) is 32.9 Å². The number of hydrogen-bond donors (Lipinski definition) is 0. The number of rotatable bonds is 4. The summed E-state index contributed by atoms with van der Waals surface area (Å²) in [4.78, 5) is 26.1. The van der Waals surface area contributed by atoms with Crippen LogP contribution in [0, 0.1) is 5.92 Å². The van der Waals surface area contributed by atoms with E-state index in [1.54, 1.807) is 0 Å². The summed E-state index contributed by atoms with van der Waals surface area (Å²) in [5.41, 5.74) is 3.08. The van der Waals surface area contributed by atoms with Crippen molar-refractivity contribution >= 4 is 17.4 Å². The van der Waals surface area contributed by atoms with Crippen LogP contribution < -0.4 is 0 Å². The van der Waals surface area contributed by atoms with E-state index >= 15 is 0 Å². The Kier molecular flexibility index (Phi) is 5.87. The normalized spacial score (nSPS) is 20.8. The van der Waals surface area contributed by atoms with Crippen LogP contribution in [0.1, 0.15) is 42.1 Å². The lowest BCUT2D eigenvalue weighted by molar-refractivity contribution is -0.148. The summed E-state index contributed by atoms with van der Waals surface area (Å²) >= 11 is 0. The predicted molar refractivity (Wildman–Crippen MR) is 95.1 cm³/mol. The highest BCUT2D eigenvalue weighted by Gasteiger charge is 2.23. The highest BCUT2D eigenvalue weighted by Crippen LogP contribution is 2.31. The number of carbonyl (C=O) groups is 2. The van der Waals surface area contributed by atoms with Crippen molar-refractivity contribution in [3.63, 3.8) is 0 Å². The second kappa shape index (κ2) is 8.30. The van der Waals surface area contributed by atoms with Crippen LogP contribution in [0.5, 0.6) is 0 Å². The minimum Gasteiger partial charge on any atom is -0.466 e. The quantitative estimate of drug-likeness (QED) is 0.789. The molecular weight excluding hydrogens is 318 g/mol. The zero-order valence-electron chi connectivity index (χ0n) is 14.7. The minimum atomic E-state index is -0.0933. The average Bonchev–Trinajstić information content (AvgIpc) is 2.68. The fourth-order valence-electron chi connectivity index (χ4n) is 3.35. The molecule has 1 amide bonds. The van der Waals surface area contributed by atoms with Crippen LogP contribution in [0.15, 0.2) is 30.3 Å². The van der Waals surface area contributed by atoms with E-state index in [-0.39, 0.29) is 17.8 Å². The Morgan fingerprint density at radius 3 is 2.52 bits per heavy atom.